The third kappa shape index (κ3) is 12.0. The summed E-state index contributed by atoms with van der Waals surface area (Å²) in [4.78, 5) is 47.4. The van der Waals surface area contributed by atoms with E-state index in [9.17, 15) is 29.6 Å². The van der Waals surface area contributed by atoms with E-state index in [1.165, 1.54) is 6.07 Å². The molecule has 0 aliphatic heterocycles. The van der Waals surface area contributed by atoms with E-state index in [0.717, 1.165) is 12.8 Å². The molecule has 1 aromatic rings. The topological polar surface area (TPSA) is 205 Å². The minimum absolute atomic E-state index is 0. The molecule has 0 heterocycles. The van der Waals surface area contributed by atoms with Crippen LogP contribution in [0.3, 0.4) is 0 Å². The molecule has 0 radical (unpaired) electrons. The van der Waals surface area contributed by atoms with Gasteiger partial charge in [0.15, 0.2) is 5.69 Å². The molecule has 31 heavy (non-hydrogen) atoms. The molecule has 172 valence electrons. The van der Waals surface area contributed by atoms with Gasteiger partial charge in [0.2, 0.25) is 0 Å². The van der Waals surface area contributed by atoms with E-state index in [0.29, 0.717) is 11.1 Å². The normalized spacial score (nSPS) is 10.5. The average Bonchev–Trinajstić information content (AvgIpc) is 2.60. The Bertz CT molecular complexity index is 828. The predicted octanol–water partition coefficient (Wildman–Crippen LogP) is 1.87. The summed E-state index contributed by atoms with van der Waals surface area (Å²) in [5, 5.41) is 35.5. The Balaban J connectivity index is 0. The van der Waals surface area contributed by atoms with Crippen molar-refractivity contribution in [1.82, 2.24) is 5.32 Å². The maximum absolute atomic E-state index is 11.3. The zero-order valence-corrected chi connectivity index (χ0v) is 18.0. The number of carbonyl (C=O) groups is 1. The van der Waals surface area contributed by atoms with Crippen molar-refractivity contribution < 1.29 is 34.1 Å². The van der Waals surface area contributed by atoms with Crippen molar-refractivity contribution in [2.24, 2.45) is 0 Å². The summed E-state index contributed by atoms with van der Waals surface area (Å²) in [6, 6.07) is 1.35. The number of hydrogen-bond acceptors (Lipinski definition) is 8. The summed E-state index contributed by atoms with van der Waals surface area (Å²) in [5.74, 6) is -1.14. The second kappa shape index (κ2) is 15.0. The number of nitrogens with zero attached hydrogens (tertiary/aromatic N) is 2. The SMILES string of the molecule is CCC(CC)Nc1c([N+](=O)[O-])cc(C)c(C)c1[N+](=O)[O-].O=C(O)CNCP(=O)(O)O.[KH]. The van der Waals surface area contributed by atoms with Crippen LogP contribution < -0.4 is 10.6 Å². The maximum atomic E-state index is 11.3. The van der Waals surface area contributed by atoms with Crippen LogP contribution in [0.1, 0.15) is 37.8 Å². The molecule has 0 fully saturated rings. The molecule has 0 amide bonds. The first-order chi connectivity index (χ1) is 13.7. The standard InChI is InChI=1S/C13H19N3O4.C3H8NO5P.K.H/c1-5-10(6-2)14-12-11(15(17)18)7-8(3)9(4)13(12)16(19)20;5-3(6)1-4-2-10(7,8)9;;/h7,10,14H,5-6H2,1-4H3;4H,1-2H2,(H,5,6)(H2,7,8,9);;. The fourth-order valence-corrected chi connectivity index (χ4v) is 2.80. The van der Waals surface area contributed by atoms with Gasteiger partial charge in [0, 0.05) is 17.7 Å². The van der Waals surface area contributed by atoms with Crippen LogP contribution in [0.25, 0.3) is 0 Å². The van der Waals surface area contributed by atoms with Gasteiger partial charge in [0.25, 0.3) is 5.69 Å². The monoisotopic (exact) mass is 490 g/mol. The van der Waals surface area contributed by atoms with Gasteiger partial charge in [-0.05, 0) is 32.3 Å². The number of carboxylic acid groups (broad SMARTS) is 1. The molecule has 0 bridgehead atoms. The Hall–Kier alpha value is -0.964. The number of nitrogens with one attached hydrogen (secondary N) is 2. The van der Waals surface area contributed by atoms with Gasteiger partial charge in [-0.15, -0.1) is 0 Å². The number of aryl methyl sites for hydroxylation is 1. The molecule has 0 unspecified atom stereocenters. The molecule has 0 atom stereocenters. The number of anilines is 1. The molecule has 0 saturated heterocycles. The third-order valence-corrected chi connectivity index (χ3v) is 4.74. The van der Waals surface area contributed by atoms with Gasteiger partial charge >= 0.3 is 70.6 Å². The van der Waals surface area contributed by atoms with E-state index in [-0.39, 0.29) is 74.5 Å². The van der Waals surface area contributed by atoms with E-state index in [2.05, 4.69) is 10.6 Å². The van der Waals surface area contributed by atoms with E-state index >= 15 is 0 Å². The van der Waals surface area contributed by atoms with Crippen LogP contribution in [-0.2, 0) is 9.36 Å². The number of carboxylic acids is 1. The summed E-state index contributed by atoms with van der Waals surface area (Å²) in [6.45, 7) is 6.66. The van der Waals surface area contributed by atoms with E-state index in [1.807, 2.05) is 13.8 Å². The molecule has 0 aliphatic rings. The Labute approximate surface area is 221 Å². The first-order valence-electron chi connectivity index (χ1n) is 8.91. The molecular weight excluding hydrogens is 462 g/mol. The Kier molecular flexibility index (Phi) is 15.6. The van der Waals surface area contributed by atoms with Crippen molar-refractivity contribution >= 4 is 82.0 Å². The van der Waals surface area contributed by atoms with Crippen molar-refractivity contribution in [3.05, 3.63) is 37.4 Å². The summed E-state index contributed by atoms with van der Waals surface area (Å²) >= 11 is 0. The molecule has 0 saturated carbocycles. The van der Waals surface area contributed by atoms with Crippen LogP contribution in [0.4, 0.5) is 17.1 Å². The molecular formula is C16H28KN4O9P. The summed E-state index contributed by atoms with van der Waals surface area (Å²) in [5.41, 5.74) is 0.555. The summed E-state index contributed by atoms with van der Waals surface area (Å²) in [7, 11) is -4.10. The number of aliphatic carboxylic acids is 1. The molecule has 0 aliphatic carbocycles. The Morgan fingerprint density at radius 3 is 2.03 bits per heavy atom. The van der Waals surface area contributed by atoms with Crippen LogP contribution >= 0.6 is 7.60 Å². The van der Waals surface area contributed by atoms with Crippen molar-refractivity contribution in [3.8, 4) is 0 Å². The Morgan fingerprint density at radius 1 is 1.16 bits per heavy atom. The number of hydrogen-bond donors (Lipinski definition) is 5. The van der Waals surface area contributed by atoms with Crippen LogP contribution in [0.2, 0.25) is 0 Å². The van der Waals surface area contributed by atoms with Crippen molar-refractivity contribution in [2.75, 3.05) is 18.1 Å². The van der Waals surface area contributed by atoms with Crippen molar-refractivity contribution in [1.29, 1.82) is 0 Å². The van der Waals surface area contributed by atoms with Crippen LogP contribution in [0, 0.1) is 34.1 Å². The summed E-state index contributed by atoms with van der Waals surface area (Å²) < 4.78 is 10.1. The van der Waals surface area contributed by atoms with Crippen molar-refractivity contribution in [3.63, 3.8) is 0 Å². The van der Waals surface area contributed by atoms with Crippen LogP contribution in [0.15, 0.2) is 6.07 Å². The average molecular weight is 490 g/mol. The summed E-state index contributed by atoms with van der Waals surface area (Å²) in [6.07, 6.45) is 0.870. The molecule has 0 spiro atoms. The minimum atomic E-state index is -4.10. The van der Waals surface area contributed by atoms with Gasteiger partial charge in [0.1, 0.15) is 0 Å². The zero-order valence-electron chi connectivity index (χ0n) is 17.1. The number of nitro groups is 2. The van der Waals surface area contributed by atoms with Crippen molar-refractivity contribution in [2.45, 2.75) is 46.6 Å². The molecule has 13 nitrogen and oxygen atoms in total. The van der Waals surface area contributed by atoms with Gasteiger partial charge in [-0.2, -0.15) is 0 Å². The first kappa shape index (κ1) is 32.2. The number of nitro benzene ring substituents is 2. The second-order valence-electron chi connectivity index (χ2n) is 6.38. The molecule has 5 N–H and O–H groups in total. The van der Waals surface area contributed by atoms with E-state index < -0.39 is 36.2 Å². The van der Waals surface area contributed by atoms with Gasteiger partial charge in [0.05, 0.1) is 22.7 Å². The number of rotatable bonds is 10. The van der Waals surface area contributed by atoms with Crippen LogP contribution in [0.5, 0.6) is 0 Å². The third-order valence-electron chi connectivity index (χ3n) is 4.10. The molecule has 1 aromatic carbocycles. The zero-order chi connectivity index (χ0) is 23.6. The number of benzene rings is 1. The van der Waals surface area contributed by atoms with Gasteiger partial charge < -0.3 is 20.2 Å². The van der Waals surface area contributed by atoms with Gasteiger partial charge in [-0.3, -0.25) is 34.9 Å². The van der Waals surface area contributed by atoms with E-state index in [1.54, 1.807) is 13.8 Å². The first-order valence-corrected chi connectivity index (χ1v) is 10.7. The fraction of sp³-hybridized carbons (Fsp3) is 0.562. The quantitative estimate of drug-likeness (QED) is 0.138. The molecule has 15 heteroatoms. The Morgan fingerprint density at radius 2 is 1.68 bits per heavy atom. The van der Waals surface area contributed by atoms with Crippen LogP contribution in [-0.4, -0.2) is 101 Å². The second-order valence-corrected chi connectivity index (χ2v) is 8.02. The fourth-order valence-electron chi connectivity index (χ4n) is 2.40. The predicted molar refractivity (Wildman–Crippen MR) is 117 cm³/mol. The molecule has 0 aromatic heterocycles. The van der Waals surface area contributed by atoms with Gasteiger partial charge in [-0.25, -0.2) is 0 Å². The molecule has 1 rings (SSSR count). The van der Waals surface area contributed by atoms with E-state index in [4.69, 9.17) is 14.9 Å². The van der Waals surface area contributed by atoms with Gasteiger partial charge in [-0.1, -0.05) is 13.8 Å².